The summed E-state index contributed by atoms with van der Waals surface area (Å²) in [4.78, 5) is 12.3. The van der Waals surface area contributed by atoms with Crippen LogP contribution in [0.1, 0.15) is 33.6 Å². The number of amides is 1. The topological polar surface area (TPSA) is 69.6 Å². The molecule has 1 aliphatic heterocycles. The molecule has 0 unspecified atom stereocenters. The standard InChI is InChI=1S/C27H35NO3/c1-4-5-6-7-17-24-18-11-8-14-22(2)15-9-12-19-25(29)26(30)21-23(3)16-10-13-20-27(31)28-24/h4-16,19-21,24-26,29-30H,17-18H2,1-3H3,(H,28,31)/t24-,25-,26+/m1/s1. The molecule has 0 fully saturated rings. The zero-order valence-electron chi connectivity index (χ0n) is 18.7. The van der Waals surface area contributed by atoms with Crippen LogP contribution in [0.2, 0.25) is 0 Å². The number of aliphatic hydroxyl groups excluding tert-OH is 2. The van der Waals surface area contributed by atoms with E-state index in [2.05, 4.69) is 5.32 Å². The highest BCUT2D eigenvalue weighted by molar-refractivity contribution is 5.88. The van der Waals surface area contributed by atoms with Crippen LogP contribution in [0, 0.1) is 0 Å². The van der Waals surface area contributed by atoms with E-state index in [9.17, 15) is 15.0 Å². The molecule has 0 spiro atoms. The van der Waals surface area contributed by atoms with Crippen LogP contribution in [-0.2, 0) is 4.79 Å². The lowest BCUT2D eigenvalue weighted by atomic mass is 10.1. The van der Waals surface area contributed by atoms with Gasteiger partial charge in [-0.3, -0.25) is 4.79 Å². The molecular weight excluding hydrogens is 386 g/mol. The normalized spacial score (nSPS) is 24.4. The molecule has 3 N–H and O–H groups in total. The van der Waals surface area contributed by atoms with Crippen molar-refractivity contribution in [1.29, 1.82) is 0 Å². The second-order valence-corrected chi connectivity index (χ2v) is 7.32. The van der Waals surface area contributed by atoms with Gasteiger partial charge in [0.25, 0.3) is 0 Å². The lowest BCUT2D eigenvalue weighted by Gasteiger charge is -2.14. The van der Waals surface area contributed by atoms with Crippen molar-refractivity contribution in [2.24, 2.45) is 0 Å². The van der Waals surface area contributed by atoms with E-state index in [1.807, 2.05) is 75.5 Å². The Labute approximate surface area is 186 Å². The van der Waals surface area contributed by atoms with E-state index >= 15 is 0 Å². The summed E-state index contributed by atoms with van der Waals surface area (Å²) in [6, 6.07) is -0.00469. The van der Waals surface area contributed by atoms with E-state index in [0.717, 1.165) is 24.0 Å². The quantitative estimate of drug-likeness (QED) is 0.574. The maximum absolute atomic E-state index is 12.3. The number of allylic oxidation sites excluding steroid dienone is 13. The molecule has 31 heavy (non-hydrogen) atoms. The first kappa shape index (κ1) is 26.1. The van der Waals surface area contributed by atoms with Crippen LogP contribution in [0.15, 0.2) is 108 Å². The van der Waals surface area contributed by atoms with Gasteiger partial charge in [0.2, 0.25) is 5.91 Å². The van der Waals surface area contributed by atoms with Crippen LogP contribution in [0.5, 0.6) is 0 Å². The summed E-state index contributed by atoms with van der Waals surface area (Å²) in [5.41, 5.74) is 1.83. The minimum atomic E-state index is -1.01. The first-order valence-electron chi connectivity index (χ1n) is 10.6. The number of carbonyl (C=O) groups excluding carboxylic acids is 1. The summed E-state index contributed by atoms with van der Waals surface area (Å²) in [7, 11) is 0. The van der Waals surface area contributed by atoms with Crippen molar-refractivity contribution >= 4 is 5.91 Å². The predicted molar refractivity (Wildman–Crippen MR) is 130 cm³/mol. The smallest absolute Gasteiger partial charge is 0.244 e. The van der Waals surface area contributed by atoms with E-state index in [4.69, 9.17) is 0 Å². The second-order valence-electron chi connectivity index (χ2n) is 7.32. The highest BCUT2D eigenvalue weighted by atomic mass is 16.3. The SMILES string of the molecule is CC=CC=CC[C@@H]1CC=CC=C(C)C=CC=C[C@@H](O)[C@@H](O)C=C(C)C=CC=CC(=O)N1. The Kier molecular flexibility index (Phi) is 13.3. The van der Waals surface area contributed by atoms with Crippen LogP contribution in [0.25, 0.3) is 0 Å². The fourth-order valence-corrected chi connectivity index (χ4v) is 2.69. The number of aliphatic hydroxyl groups is 2. The predicted octanol–water partition coefficient (Wildman–Crippen LogP) is 4.79. The Balaban J connectivity index is 3.04. The first-order chi connectivity index (χ1) is 14.9. The zero-order valence-corrected chi connectivity index (χ0v) is 18.7. The Morgan fingerprint density at radius 3 is 2.45 bits per heavy atom. The van der Waals surface area contributed by atoms with Crippen molar-refractivity contribution in [3.05, 3.63) is 108 Å². The molecule has 1 aliphatic rings. The number of hydrogen-bond donors (Lipinski definition) is 3. The van der Waals surface area contributed by atoms with Gasteiger partial charge in [-0.05, 0) is 33.6 Å². The summed E-state index contributed by atoms with van der Waals surface area (Å²) >= 11 is 0. The molecule has 0 aromatic heterocycles. The number of rotatable bonds is 3. The third-order valence-corrected chi connectivity index (χ3v) is 4.40. The van der Waals surface area contributed by atoms with Gasteiger partial charge in [0, 0.05) is 12.1 Å². The van der Waals surface area contributed by atoms with Crippen LogP contribution >= 0.6 is 0 Å². The van der Waals surface area contributed by atoms with Gasteiger partial charge in [-0.2, -0.15) is 0 Å². The van der Waals surface area contributed by atoms with Gasteiger partial charge in [-0.15, -0.1) is 0 Å². The molecule has 1 amide bonds. The molecule has 3 atom stereocenters. The van der Waals surface area contributed by atoms with E-state index in [1.54, 1.807) is 36.5 Å². The van der Waals surface area contributed by atoms with Crippen LogP contribution in [-0.4, -0.2) is 34.4 Å². The van der Waals surface area contributed by atoms with E-state index < -0.39 is 12.2 Å². The van der Waals surface area contributed by atoms with Crippen molar-refractivity contribution in [2.45, 2.75) is 51.9 Å². The summed E-state index contributed by atoms with van der Waals surface area (Å²) in [5, 5.41) is 23.2. The molecule has 0 aliphatic carbocycles. The molecule has 0 saturated carbocycles. The average Bonchev–Trinajstić information content (AvgIpc) is 2.73. The number of hydrogen-bond acceptors (Lipinski definition) is 3. The number of nitrogens with one attached hydrogen (secondary N) is 1. The third kappa shape index (κ3) is 13.1. The van der Waals surface area contributed by atoms with Crippen molar-refractivity contribution < 1.29 is 15.0 Å². The summed E-state index contributed by atoms with van der Waals surface area (Å²) < 4.78 is 0. The van der Waals surface area contributed by atoms with Gasteiger partial charge in [0.05, 0.1) is 0 Å². The first-order valence-corrected chi connectivity index (χ1v) is 10.6. The largest absolute Gasteiger partial charge is 0.386 e. The highest BCUT2D eigenvalue weighted by Crippen LogP contribution is 2.06. The monoisotopic (exact) mass is 421 g/mol. The fourth-order valence-electron chi connectivity index (χ4n) is 2.69. The summed E-state index contributed by atoms with van der Waals surface area (Å²) in [6.45, 7) is 5.77. The second kappa shape index (κ2) is 15.8. The van der Waals surface area contributed by atoms with Gasteiger partial charge >= 0.3 is 0 Å². The Morgan fingerprint density at radius 2 is 1.68 bits per heavy atom. The molecule has 1 heterocycles. The van der Waals surface area contributed by atoms with Crippen LogP contribution < -0.4 is 5.32 Å². The highest BCUT2D eigenvalue weighted by Gasteiger charge is 2.09. The van der Waals surface area contributed by atoms with Crippen molar-refractivity contribution in [2.75, 3.05) is 0 Å². The minimum absolute atomic E-state index is 0.00469. The van der Waals surface area contributed by atoms with Crippen molar-refractivity contribution in [3.8, 4) is 0 Å². The molecule has 4 heteroatoms. The molecule has 0 saturated heterocycles. The zero-order chi connectivity index (χ0) is 22.9. The number of carbonyl (C=O) groups is 1. The molecule has 166 valence electrons. The molecule has 0 aromatic rings. The average molecular weight is 422 g/mol. The van der Waals surface area contributed by atoms with Crippen molar-refractivity contribution in [1.82, 2.24) is 5.32 Å². The minimum Gasteiger partial charge on any atom is -0.386 e. The Hall–Kier alpha value is -2.95. The molecule has 0 aromatic carbocycles. The van der Waals surface area contributed by atoms with Gasteiger partial charge < -0.3 is 15.5 Å². The molecular formula is C27H35NO3. The third-order valence-electron chi connectivity index (χ3n) is 4.40. The Morgan fingerprint density at radius 1 is 0.968 bits per heavy atom. The van der Waals surface area contributed by atoms with Crippen LogP contribution in [0.4, 0.5) is 0 Å². The lowest BCUT2D eigenvalue weighted by Crippen LogP contribution is -2.32. The van der Waals surface area contributed by atoms with E-state index in [0.29, 0.717) is 0 Å². The summed E-state index contributed by atoms with van der Waals surface area (Å²) in [6.07, 6.45) is 28.6. The molecule has 0 bridgehead atoms. The molecule has 1 rings (SSSR count). The summed E-state index contributed by atoms with van der Waals surface area (Å²) in [5.74, 6) is -0.159. The van der Waals surface area contributed by atoms with Crippen LogP contribution in [0.3, 0.4) is 0 Å². The van der Waals surface area contributed by atoms with Gasteiger partial charge in [-0.1, -0.05) is 102 Å². The lowest BCUT2D eigenvalue weighted by molar-refractivity contribution is -0.117. The van der Waals surface area contributed by atoms with E-state index in [1.165, 1.54) is 6.08 Å². The maximum atomic E-state index is 12.3. The van der Waals surface area contributed by atoms with Crippen molar-refractivity contribution in [3.63, 3.8) is 0 Å². The molecule has 0 radical (unpaired) electrons. The fraction of sp³-hybridized carbons (Fsp3) is 0.296. The Bertz CT molecular complexity index is 819. The molecule has 4 nitrogen and oxygen atoms in total. The van der Waals surface area contributed by atoms with Gasteiger partial charge in [0.1, 0.15) is 12.2 Å². The van der Waals surface area contributed by atoms with Gasteiger partial charge in [-0.25, -0.2) is 0 Å². The van der Waals surface area contributed by atoms with E-state index in [-0.39, 0.29) is 11.9 Å². The maximum Gasteiger partial charge on any atom is 0.244 e. The van der Waals surface area contributed by atoms with Gasteiger partial charge in [0.15, 0.2) is 0 Å².